The van der Waals surface area contributed by atoms with E-state index in [1.165, 1.54) is 180 Å². The molecule has 0 rings (SSSR count). The molecule has 11 heteroatoms. The molecule has 0 aliphatic carbocycles. The van der Waals surface area contributed by atoms with Crippen LogP contribution in [-0.2, 0) is 32.7 Å². The molecule has 0 aromatic rings. The Balaban J connectivity index is 4.14. The first-order valence-electron chi connectivity index (χ1n) is 23.6. The van der Waals surface area contributed by atoms with Gasteiger partial charge in [0.15, 0.2) is 0 Å². The van der Waals surface area contributed by atoms with E-state index >= 15 is 0 Å². The van der Waals surface area contributed by atoms with Crippen LogP contribution in [0.25, 0.3) is 0 Å². The fraction of sp³-hybridized carbons (Fsp3) is 0.956. The van der Waals surface area contributed by atoms with Gasteiger partial charge in [0.25, 0.3) is 0 Å². The lowest BCUT2D eigenvalue weighted by atomic mass is 10.0. The SMILES string of the molecule is CCCCCCCCCCCCCCCCCCCOCC(COP(=O)(O)OCC(N)C(=O)O)OC(=O)CCCCCCCCCCCCCCCCCCC. The Bertz CT molecular complexity index is 909. The van der Waals surface area contributed by atoms with Crippen LogP contribution in [0.4, 0.5) is 0 Å². The topological polar surface area (TPSA) is 155 Å². The molecule has 4 N–H and O–H groups in total. The molecule has 0 saturated carbocycles. The van der Waals surface area contributed by atoms with Crippen LogP contribution in [0, 0.1) is 0 Å². The fourth-order valence-electron chi connectivity index (χ4n) is 6.96. The summed E-state index contributed by atoms with van der Waals surface area (Å²) in [5, 5.41) is 8.91. The van der Waals surface area contributed by atoms with Gasteiger partial charge in [0, 0.05) is 13.0 Å². The molecular formula is C45H90NO9P. The lowest BCUT2D eigenvalue weighted by Crippen LogP contribution is -2.34. The monoisotopic (exact) mass is 820 g/mol. The summed E-state index contributed by atoms with van der Waals surface area (Å²) in [7, 11) is -4.61. The molecule has 0 radical (unpaired) electrons. The summed E-state index contributed by atoms with van der Waals surface area (Å²) in [5.41, 5.74) is 5.36. The molecule has 3 atom stereocenters. The Morgan fingerprint density at radius 1 is 0.500 bits per heavy atom. The van der Waals surface area contributed by atoms with E-state index in [-0.39, 0.29) is 13.0 Å². The molecule has 0 spiro atoms. The maximum Gasteiger partial charge on any atom is 0.472 e. The summed E-state index contributed by atoms with van der Waals surface area (Å²) in [5.74, 6) is -1.76. The molecule has 0 aliphatic rings. The molecule has 0 aromatic carbocycles. The average Bonchev–Trinajstić information content (AvgIpc) is 3.18. The fourth-order valence-corrected chi connectivity index (χ4v) is 7.74. The van der Waals surface area contributed by atoms with Crippen LogP contribution in [0.2, 0.25) is 0 Å². The number of carboxylic acids is 1. The number of hydrogen-bond acceptors (Lipinski definition) is 8. The number of carbonyl (C=O) groups is 2. The molecule has 334 valence electrons. The van der Waals surface area contributed by atoms with Gasteiger partial charge in [-0.3, -0.25) is 18.6 Å². The van der Waals surface area contributed by atoms with Gasteiger partial charge in [-0.2, -0.15) is 0 Å². The lowest BCUT2D eigenvalue weighted by molar-refractivity contribution is -0.154. The molecule has 0 heterocycles. The van der Waals surface area contributed by atoms with E-state index in [1.807, 2.05) is 0 Å². The Labute approximate surface area is 344 Å². The number of aliphatic carboxylic acids is 1. The van der Waals surface area contributed by atoms with Crippen LogP contribution in [0.15, 0.2) is 0 Å². The summed E-state index contributed by atoms with van der Waals surface area (Å²) >= 11 is 0. The van der Waals surface area contributed by atoms with Crippen molar-refractivity contribution in [3.05, 3.63) is 0 Å². The van der Waals surface area contributed by atoms with Gasteiger partial charge in [0.05, 0.1) is 19.8 Å². The number of hydrogen-bond donors (Lipinski definition) is 3. The Kier molecular flexibility index (Phi) is 41.3. The number of unbranched alkanes of at least 4 members (excludes halogenated alkanes) is 32. The second-order valence-electron chi connectivity index (χ2n) is 16.3. The summed E-state index contributed by atoms with van der Waals surface area (Å²) < 4.78 is 33.4. The van der Waals surface area contributed by atoms with Crippen molar-refractivity contribution in [2.45, 2.75) is 251 Å². The van der Waals surface area contributed by atoms with E-state index in [2.05, 4.69) is 13.8 Å². The van der Waals surface area contributed by atoms with Crippen molar-refractivity contribution in [2.24, 2.45) is 5.73 Å². The first-order valence-corrected chi connectivity index (χ1v) is 25.1. The van der Waals surface area contributed by atoms with E-state index < -0.39 is 45.1 Å². The predicted molar refractivity (Wildman–Crippen MR) is 231 cm³/mol. The van der Waals surface area contributed by atoms with Crippen molar-refractivity contribution in [1.29, 1.82) is 0 Å². The first-order chi connectivity index (χ1) is 27.2. The van der Waals surface area contributed by atoms with Gasteiger partial charge in [-0.15, -0.1) is 0 Å². The quantitative estimate of drug-likeness (QED) is 0.0307. The van der Waals surface area contributed by atoms with Crippen molar-refractivity contribution < 1.29 is 42.7 Å². The van der Waals surface area contributed by atoms with Crippen LogP contribution in [0.3, 0.4) is 0 Å². The van der Waals surface area contributed by atoms with Gasteiger partial charge in [0.1, 0.15) is 12.1 Å². The Morgan fingerprint density at radius 3 is 1.18 bits per heavy atom. The van der Waals surface area contributed by atoms with E-state index in [0.29, 0.717) is 6.61 Å². The first kappa shape index (κ1) is 55.0. The number of ether oxygens (including phenoxy) is 2. The Hall–Kier alpha value is -1.03. The standard InChI is InChI=1S/C45H90NO9P/c1-3-5-7-9-11-13-15-17-19-21-23-25-27-29-31-33-35-37-44(47)55-42(40-53-56(50,51)54-41-43(46)45(48)49)39-52-38-36-34-32-30-28-26-24-22-20-18-16-14-12-10-8-6-4-2/h42-43H,3-41,46H2,1-2H3,(H,48,49)(H,50,51). The average molecular weight is 820 g/mol. The molecule has 0 bridgehead atoms. The van der Waals surface area contributed by atoms with Crippen LogP contribution in [-0.4, -0.2) is 60.5 Å². The zero-order chi connectivity index (χ0) is 41.2. The minimum absolute atomic E-state index is 0.0261. The summed E-state index contributed by atoms with van der Waals surface area (Å²) in [4.78, 5) is 33.6. The van der Waals surface area contributed by atoms with E-state index in [9.17, 15) is 19.0 Å². The predicted octanol–water partition coefficient (Wildman–Crippen LogP) is 13.2. The molecule has 56 heavy (non-hydrogen) atoms. The second-order valence-corrected chi connectivity index (χ2v) is 17.7. The molecule has 0 fully saturated rings. The van der Waals surface area contributed by atoms with Crippen molar-refractivity contribution in [3.63, 3.8) is 0 Å². The third-order valence-electron chi connectivity index (χ3n) is 10.6. The Morgan fingerprint density at radius 2 is 0.821 bits per heavy atom. The van der Waals surface area contributed by atoms with Crippen molar-refractivity contribution in [1.82, 2.24) is 0 Å². The highest BCUT2D eigenvalue weighted by atomic mass is 31.2. The van der Waals surface area contributed by atoms with E-state index in [1.54, 1.807) is 0 Å². The van der Waals surface area contributed by atoms with Crippen molar-refractivity contribution in [2.75, 3.05) is 26.4 Å². The molecule has 3 unspecified atom stereocenters. The van der Waals surface area contributed by atoms with Crippen LogP contribution in [0.1, 0.15) is 239 Å². The van der Waals surface area contributed by atoms with E-state index in [4.69, 9.17) is 29.4 Å². The van der Waals surface area contributed by atoms with Gasteiger partial charge in [-0.05, 0) is 12.8 Å². The summed E-state index contributed by atoms with van der Waals surface area (Å²) in [6.45, 7) is 3.94. The van der Waals surface area contributed by atoms with Crippen molar-refractivity contribution in [3.8, 4) is 0 Å². The second kappa shape index (κ2) is 42.1. The van der Waals surface area contributed by atoms with Crippen LogP contribution >= 0.6 is 7.82 Å². The van der Waals surface area contributed by atoms with Crippen LogP contribution in [0.5, 0.6) is 0 Å². The smallest absolute Gasteiger partial charge is 0.472 e. The molecule has 10 nitrogen and oxygen atoms in total. The zero-order valence-corrected chi connectivity index (χ0v) is 37.4. The molecule has 0 amide bonds. The van der Waals surface area contributed by atoms with Crippen molar-refractivity contribution >= 4 is 19.8 Å². The van der Waals surface area contributed by atoms with Gasteiger partial charge >= 0.3 is 19.8 Å². The zero-order valence-electron chi connectivity index (χ0n) is 36.5. The number of carbonyl (C=O) groups excluding carboxylic acids is 1. The summed E-state index contributed by atoms with van der Waals surface area (Å²) in [6.07, 6.45) is 42.9. The normalized spacial score (nSPS) is 13.8. The maximum absolute atomic E-state index is 12.7. The number of esters is 1. The summed E-state index contributed by atoms with van der Waals surface area (Å²) in [6, 6.07) is -1.47. The number of nitrogens with two attached hydrogens (primary N) is 1. The largest absolute Gasteiger partial charge is 0.480 e. The molecule has 0 saturated heterocycles. The third kappa shape index (κ3) is 41.1. The minimum atomic E-state index is -4.61. The lowest BCUT2D eigenvalue weighted by Gasteiger charge is -2.20. The maximum atomic E-state index is 12.7. The van der Waals surface area contributed by atoms with Gasteiger partial charge in [0.2, 0.25) is 0 Å². The number of phosphoric ester groups is 1. The molecular weight excluding hydrogens is 729 g/mol. The molecule has 0 aliphatic heterocycles. The highest BCUT2D eigenvalue weighted by Gasteiger charge is 2.27. The third-order valence-corrected chi connectivity index (χ3v) is 11.6. The number of rotatable bonds is 46. The van der Waals surface area contributed by atoms with Gasteiger partial charge in [-0.25, -0.2) is 4.57 Å². The number of carboxylic acid groups (broad SMARTS) is 1. The minimum Gasteiger partial charge on any atom is -0.480 e. The highest BCUT2D eigenvalue weighted by molar-refractivity contribution is 7.47. The molecule has 0 aromatic heterocycles. The number of phosphoric acid groups is 1. The highest BCUT2D eigenvalue weighted by Crippen LogP contribution is 2.43. The van der Waals surface area contributed by atoms with E-state index in [0.717, 1.165) is 38.5 Å². The van der Waals surface area contributed by atoms with Gasteiger partial charge in [-0.1, -0.05) is 219 Å². The van der Waals surface area contributed by atoms with Crippen LogP contribution < -0.4 is 5.73 Å². The van der Waals surface area contributed by atoms with Gasteiger partial charge < -0.3 is 25.2 Å².